The third-order valence-corrected chi connectivity index (χ3v) is 8.37. The molecule has 2 aliphatic carbocycles. The summed E-state index contributed by atoms with van der Waals surface area (Å²) < 4.78 is 17.4. The Labute approximate surface area is 213 Å². The third-order valence-electron chi connectivity index (χ3n) is 8.37. The average Bonchev–Trinajstić information content (AvgIpc) is 3.72. The molecule has 4 aliphatic rings. The first kappa shape index (κ1) is 22.6. The van der Waals surface area contributed by atoms with E-state index in [-0.39, 0.29) is 17.7 Å². The topological polar surface area (TPSA) is 91.0 Å². The number of rotatable bonds is 5. The highest BCUT2D eigenvalue weighted by Gasteiger charge is 2.58. The Morgan fingerprint density at radius 2 is 1.89 bits per heavy atom. The molecule has 1 N–H and O–H groups in total. The smallest absolute Gasteiger partial charge is 0.256 e. The maximum absolute atomic E-state index is 15.6. The molecule has 3 heterocycles. The predicted octanol–water partition coefficient (Wildman–Crippen LogP) is 2.87. The number of halogens is 1. The summed E-state index contributed by atoms with van der Waals surface area (Å²) in [4.78, 5) is 34.0. The van der Waals surface area contributed by atoms with Crippen molar-refractivity contribution in [2.75, 3.05) is 19.6 Å². The molecule has 2 saturated carbocycles. The average molecular weight is 502 g/mol. The fourth-order valence-electron chi connectivity index (χ4n) is 5.75. The van der Waals surface area contributed by atoms with Crippen molar-refractivity contribution in [3.8, 4) is 11.1 Å². The molecule has 2 aliphatic heterocycles. The van der Waals surface area contributed by atoms with E-state index in [9.17, 15) is 14.7 Å². The van der Waals surface area contributed by atoms with Crippen LogP contribution in [0.25, 0.3) is 22.0 Å². The Kier molecular flexibility index (Phi) is 4.71. The summed E-state index contributed by atoms with van der Waals surface area (Å²) in [6, 6.07) is 11.0. The largest absolute Gasteiger partial charge is 0.380 e. The Morgan fingerprint density at radius 1 is 1.14 bits per heavy atom. The van der Waals surface area contributed by atoms with E-state index >= 15 is 4.39 Å². The lowest BCUT2D eigenvalue weighted by Gasteiger charge is -2.24. The zero-order valence-corrected chi connectivity index (χ0v) is 20.7. The number of hydrogen-bond donors (Lipinski definition) is 1. The number of nitrogens with zero attached hydrogens (tertiary/aromatic N) is 5. The normalized spacial score (nSPS) is 23.3. The van der Waals surface area contributed by atoms with Crippen LogP contribution in [0, 0.1) is 11.7 Å². The van der Waals surface area contributed by atoms with Gasteiger partial charge in [-0.1, -0.05) is 12.1 Å². The monoisotopic (exact) mass is 501 g/mol. The third kappa shape index (κ3) is 3.59. The van der Waals surface area contributed by atoms with Crippen molar-refractivity contribution in [2.45, 2.75) is 43.2 Å². The first-order valence-corrected chi connectivity index (χ1v) is 12.9. The Morgan fingerprint density at radius 3 is 2.62 bits per heavy atom. The molecule has 1 spiro atoms. The number of aryl methyl sites for hydroxylation is 1. The molecule has 190 valence electrons. The summed E-state index contributed by atoms with van der Waals surface area (Å²) >= 11 is 0. The standard InChI is InChI=1S/C28H28FN5O3/c1-32-23-5-3-18(12-20(23)14-30-32)19-2-4-21(22(29)13-19)24-31-27(7-8-27)25(35)34(24)16-17-6-11-33(15-17)26(36)28(37)9-10-28/h2-5,12-14,17,37H,6-11,15-16H2,1H3. The van der Waals surface area contributed by atoms with Gasteiger partial charge >= 0.3 is 0 Å². The van der Waals surface area contributed by atoms with Crippen LogP contribution in [-0.2, 0) is 16.6 Å². The number of fused-ring (bicyclic) bond motifs is 1. The van der Waals surface area contributed by atoms with Crippen molar-refractivity contribution in [3.05, 3.63) is 54.0 Å². The minimum absolute atomic E-state index is 0.0582. The first-order valence-electron chi connectivity index (χ1n) is 12.9. The highest BCUT2D eigenvalue weighted by Crippen LogP contribution is 2.46. The van der Waals surface area contributed by atoms with Gasteiger partial charge in [0.05, 0.1) is 17.3 Å². The lowest BCUT2D eigenvalue weighted by atomic mass is 10.0. The van der Waals surface area contributed by atoms with Crippen molar-refractivity contribution in [1.29, 1.82) is 0 Å². The Bertz CT molecular complexity index is 1500. The Hall–Kier alpha value is -3.59. The zero-order valence-electron chi connectivity index (χ0n) is 20.7. The van der Waals surface area contributed by atoms with E-state index in [1.807, 2.05) is 31.3 Å². The van der Waals surface area contributed by atoms with E-state index in [1.54, 1.807) is 26.7 Å². The molecule has 1 unspecified atom stereocenters. The second-order valence-corrected chi connectivity index (χ2v) is 11.1. The van der Waals surface area contributed by atoms with Gasteiger partial charge in [0, 0.05) is 32.1 Å². The highest BCUT2D eigenvalue weighted by molar-refractivity contribution is 6.16. The van der Waals surface area contributed by atoms with Gasteiger partial charge in [-0.2, -0.15) is 5.10 Å². The molecule has 3 aromatic rings. The number of carbonyl (C=O) groups is 2. The first-order chi connectivity index (χ1) is 17.8. The van der Waals surface area contributed by atoms with Gasteiger partial charge in [-0.25, -0.2) is 4.39 Å². The maximum Gasteiger partial charge on any atom is 0.256 e. The lowest BCUT2D eigenvalue weighted by Crippen LogP contribution is -2.42. The van der Waals surface area contributed by atoms with Crippen LogP contribution < -0.4 is 0 Å². The number of amides is 2. The van der Waals surface area contributed by atoms with E-state index in [1.165, 1.54) is 6.07 Å². The molecule has 1 aromatic heterocycles. The predicted molar refractivity (Wildman–Crippen MR) is 135 cm³/mol. The van der Waals surface area contributed by atoms with Crippen LogP contribution in [0.4, 0.5) is 4.39 Å². The molecule has 2 aromatic carbocycles. The minimum Gasteiger partial charge on any atom is -0.380 e. The molecule has 7 rings (SSSR count). The number of aliphatic imine (C=N–C) groups is 1. The summed E-state index contributed by atoms with van der Waals surface area (Å²) in [5.74, 6) is -0.250. The van der Waals surface area contributed by atoms with Crippen molar-refractivity contribution in [1.82, 2.24) is 19.6 Å². The number of benzene rings is 2. The molecule has 0 bridgehead atoms. The van der Waals surface area contributed by atoms with Crippen molar-refractivity contribution in [2.24, 2.45) is 18.0 Å². The molecule has 37 heavy (non-hydrogen) atoms. The van der Waals surface area contributed by atoms with Crippen molar-refractivity contribution in [3.63, 3.8) is 0 Å². The van der Waals surface area contributed by atoms with E-state index in [2.05, 4.69) is 5.10 Å². The summed E-state index contributed by atoms with van der Waals surface area (Å²) in [6.45, 7) is 1.44. The second kappa shape index (κ2) is 7.71. The van der Waals surface area contributed by atoms with Crippen LogP contribution in [0.1, 0.15) is 37.7 Å². The maximum atomic E-state index is 15.6. The molecular formula is C28H28FN5O3. The van der Waals surface area contributed by atoms with Gasteiger partial charge in [-0.05, 0) is 73.4 Å². The second-order valence-electron chi connectivity index (χ2n) is 11.1. The van der Waals surface area contributed by atoms with E-state index in [0.717, 1.165) is 28.5 Å². The molecule has 0 radical (unpaired) electrons. The van der Waals surface area contributed by atoms with Gasteiger partial charge in [0.2, 0.25) is 0 Å². The quantitative estimate of drug-likeness (QED) is 0.582. The number of hydrogen-bond acceptors (Lipinski definition) is 5. The summed E-state index contributed by atoms with van der Waals surface area (Å²) in [7, 11) is 1.88. The van der Waals surface area contributed by atoms with Crippen LogP contribution in [0.5, 0.6) is 0 Å². The van der Waals surface area contributed by atoms with E-state index < -0.39 is 17.0 Å². The SMILES string of the molecule is Cn1ncc2cc(-c3ccc(C4=NC5(CC5)C(=O)N4CC4CCN(C(=O)C5(O)CC5)C4)c(F)c3)ccc21. The van der Waals surface area contributed by atoms with Gasteiger partial charge in [0.15, 0.2) is 0 Å². The van der Waals surface area contributed by atoms with Gasteiger partial charge in [-0.15, -0.1) is 0 Å². The van der Waals surface area contributed by atoms with Crippen LogP contribution in [0.15, 0.2) is 47.6 Å². The van der Waals surface area contributed by atoms with Crippen molar-refractivity contribution < 1.29 is 19.1 Å². The van der Waals surface area contributed by atoms with Gasteiger partial charge in [0.25, 0.3) is 11.8 Å². The van der Waals surface area contributed by atoms with Crippen LogP contribution in [0.3, 0.4) is 0 Å². The minimum atomic E-state index is -1.19. The number of aromatic nitrogens is 2. The van der Waals surface area contributed by atoms with Gasteiger partial charge in [-0.3, -0.25) is 24.2 Å². The van der Waals surface area contributed by atoms with Crippen LogP contribution in [-0.4, -0.2) is 73.1 Å². The van der Waals surface area contributed by atoms with Crippen LogP contribution >= 0.6 is 0 Å². The summed E-state index contributed by atoms with van der Waals surface area (Å²) in [5.41, 5.74) is 1.02. The number of likely N-dealkylation sites (tertiary alicyclic amines) is 1. The number of aliphatic hydroxyl groups is 1. The fourth-order valence-corrected chi connectivity index (χ4v) is 5.75. The molecule has 1 atom stereocenters. The van der Waals surface area contributed by atoms with E-state index in [4.69, 9.17) is 4.99 Å². The zero-order chi connectivity index (χ0) is 25.5. The summed E-state index contributed by atoms with van der Waals surface area (Å²) in [5, 5.41) is 15.5. The molecule has 9 heteroatoms. The molecule has 3 fully saturated rings. The fraction of sp³-hybridized carbons (Fsp3) is 0.429. The molecular weight excluding hydrogens is 473 g/mol. The molecule has 1 saturated heterocycles. The molecule has 8 nitrogen and oxygen atoms in total. The molecule has 2 amide bonds. The Balaban J connectivity index is 1.14. The van der Waals surface area contributed by atoms with Gasteiger partial charge < -0.3 is 10.0 Å². The van der Waals surface area contributed by atoms with Crippen molar-refractivity contribution >= 4 is 28.6 Å². The van der Waals surface area contributed by atoms with E-state index in [0.29, 0.717) is 56.7 Å². The van der Waals surface area contributed by atoms with Gasteiger partial charge in [0.1, 0.15) is 22.8 Å². The summed E-state index contributed by atoms with van der Waals surface area (Å²) in [6.07, 6.45) is 4.92. The number of carbonyl (C=O) groups excluding carboxylic acids is 2. The highest BCUT2D eigenvalue weighted by atomic mass is 19.1. The lowest BCUT2D eigenvalue weighted by molar-refractivity contribution is -0.141. The number of amidine groups is 1. The van der Waals surface area contributed by atoms with Crippen LogP contribution in [0.2, 0.25) is 0 Å².